The Morgan fingerprint density at radius 1 is 1.26 bits per heavy atom. The molecule has 6 nitrogen and oxygen atoms in total. The van der Waals surface area contributed by atoms with E-state index in [1.165, 1.54) is 6.07 Å². The summed E-state index contributed by atoms with van der Waals surface area (Å²) in [6, 6.07) is 8.00. The lowest BCUT2D eigenvalue weighted by Crippen LogP contribution is -2.14. The number of aromatic nitrogens is 4. The quantitative estimate of drug-likeness (QED) is 0.468. The predicted octanol–water partition coefficient (Wildman–Crippen LogP) is 5.24. The highest BCUT2D eigenvalue weighted by molar-refractivity contribution is 7.08. The third-order valence-electron chi connectivity index (χ3n) is 5.27. The van der Waals surface area contributed by atoms with Crippen molar-refractivity contribution >= 4 is 34.0 Å². The molecule has 1 amide bonds. The van der Waals surface area contributed by atoms with E-state index in [1.807, 2.05) is 25.2 Å². The summed E-state index contributed by atoms with van der Waals surface area (Å²) in [6.07, 6.45) is 0.113. The van der Waals surface area contributed by atoms with Crippen LogP contribution in [0.1, 0.15) is 39.7 Å². The van der Waals surface area contributed by atoms with E-state index in [9.17, 15) is 18.0 Å². The number of anilines is 1. The van der Waals surface area contributed by atoms with Gasteiger partial charge in [-0.25, -0.2) is 0 Å². The first-order valence-corrected chi connectivity index (χ1v) is 10.4. The van der Waals surface area contributed by atoms with Crippen LogP contribution in [0.2, 0.25) is 0 Å². The van der Waals surface area contributed by atoms with Gasteiger partial charge in [-0.2, -0.15) is 22.6 Å². The molecule has 31 heavy (non-hydrogen) atoms. The van der Waals surface area contributed by atoms with E-state index in [2.05, 4.69) is 19.8 Å². The summed E-state index contributed by atoms with van der Waals surface area (Å²) in [4.78, 5) is 16.7. The van der Waals surface area contributed by atoms with Crippen molar-refractivity contribution in [3.63, 3.8) is 0 Å². The van der Waals surface area contributed by atoms with Crippen molar-refractivity contribution in [2.75, 3.05) is 5.32 Å². The molecule has 1 N–H and O–H groups in total. The second-order valence-electron chi connectivity index (χ2n) is 7.44. The maximum Gasteiger partial charge on any atom is 0.433 e. The fraction of sp³-hybridized carbons (Fsp3) is 0.238. The molecule has 10 heteroatoms. The van der Waals surface area contributed by atoms with Gasteiger partial charge in [-0.3, -0.25) is 14.5 Å². The number of fused-ring (bicyclic) bond motifs is 1. The molecule has 158 valence electrons. The first kappa shape index (κ1) is 19.7. The molecular weight excluding hydrogens is 427 g/mol. The average molecular weight is 443 g/mol. The summed E-state index contributed by atoms with van der Waals surface area (Å²) in [5.74, 6) is -0.257. The van der Waals surface area contributed by atoms with Gasteiger partial charge in [-0.1, -0.05) is 12.1 Å². The Labute approximate surface area is 178 Å². The number of amides is 1. The van der Waals surface area contributed by atoms with Crippen LogP contribution in [0.5, 0.6) is 0 Å². The minimum atomic E-state index is -4.58. The highest BCUT2D eigenvalue weighted by Gasteiger charge is 2.35. The van der Waals surface area contributed by atoms with Crippen LogP contribution >= 0.6 is 11.5 Å². The van der Waals surface area contributed by atoms with Crippen molar-refractivity contribution in [3.8, 4) is 11.3 Å². The van der Waals surface area contributed by atoms with E-state index < -0.39 is 17.8 Å². The van der Waals surface area contributed by atoms with Gasteiger partial charge in [-0.15, -0.1) is 0 Å². The monoisotopic (exact) mass is 443 g/mol. The maximum absolute atomic E-state index is 13.0. The zero-order valence-corrected chi connectivity index (χ0v) is 17.1. The Bertz CT molecular complexity index is 1310. The van der Waals surface area contributed by atoms with Gasteiger partial charge in [-0.05, 0) is 48.5 Å². The fourth-order valence-electron chi connectivity index (χ4n) is 3.64. The minimum Gasteiger partial charge on any atom is -0.321 e. The number of carbonyl (C=O) groups excluding carboxylic acids is 1. The number of aryl methyl sites for hydroxylation is 1. The molecule has 0 unspecified atom stereocenters. The predicted molar refractivity (Wildman–Crippen MR) is 111 cm³/mol. The minimum absolute atomic E-state index is 0.0402. The number of hydrogen-bond acceptors (Lipinski definition) is 5. The molecule has 3 heterocycles. The summed E-state index contributed by atoms with van der Waals surface area (Å²) in [5.41, 5.74) is 2.42. The van der Waals surface area contributed by atoms with Gasteiger partial charge >= 0.3 is 6.18 Å². The first-order valence-electron chi connectivity index (χ1n) is 9.58. The number of pyridine rings is 1. The van der Waals surface area contributed by atoms with E-state index in [0.717, 1.165) is 64.4 Å². The second-order valence-corrected chi connectivity index (χ2v) is 8.21. The lowest BCUT2D eigenvalue weighted by atomic mass is 9.99. The van der Waals surface area contributed by atoms with Crippen molar-refractivity contribution in [1.29, 1.82) is 0 Å². The Hall–Kier alpha value is -3.27. The molecule has 3 aromatic heterocycles. The molecule has 0 radical (unpaired) electrons. The smallest absolute Gasteiger partial charge is 0.321 e. The number of alkyl halides is 3. The van der Waals surface area contributed by atoms with E-state index in [4.69, 9.17) is 0 Å². The molecule has 5 rings (SSSR count). The van der Waals surface area contributed by atoms with Gasteiger partial charge in [0.2, 0.25) is 0 Å². The lowest BCUT2D eigenvalue weighted by molar-refractivity contribution is -0.141. The number of nitrogens with zero attached hydrogens (tertiary/aromatic N) is 4. The molecule has 0 atom stereocenters. The summed E-state index contributed by atoms with van der Waals surface area (Å²) in [6.45, 7) is 0. The van der Waals surface area contributed by atoms with Gasteiger partial charge in [0.1, 0.15) is 10.6 Å². The third-order valence-corrected chi connectivity index (χ3v) is 6.14. The number of nitrogens with one attached hydrogen (secondary N) is 1. The van der Waals surface area contributed by atoms with Crippen molar-refractivity contribution in [2.45, 2.75) is 24.9 Å². The van der Waals surface area contributed by atoms with Crippen LogP contribution in [0, 0.1) is 0 Å². The van der Waals surface area contributed by atoms with E-state index >= 15 is 0 Å². The lowest BCUT2D eigenvalue weighted by Gasteiger charge is -2.09. The van der Waals surface area contributed by atoms with Crippen LogP contribution in [0.4, 0.5) is 18.9 Å². The van der Waals surface area contributed by atoms with Gasteiger partial charge in [0.25, 0.3) is 5.91 Å². The summed E-state index contributed by atoms with van der Waals surface area (Å²) < 4.78 is 45.2. The molecule has 1 aliphatic carbocycles. The first-order chi connectivity index (χ1) is 14.8. The normalized spacial score (nSPS) is 14.2. The van der Waals surface area contributed by atoms with Gasteiger partial charge in [0.05, 0.1) is 17.4 Å². The van der Waals surface area contributed by atoms with Crippen LogP contribution < -0.4 is 5.32 Å². The zero-order valence-electron chi connectivity index (χ0n) is 16.3. The fourth-order valence-corrected chi connectivity index (χ4v) is 4.52. The van der Waals surface area contributed by atoms with Crippen molar-refractivity contribution in [3.05, 3.63) is 58.9 Å². The Balaban J connectivity index is 1.53. The number of carbonyl (C=O) groups is 1. The third kappa shape index (κ3) is 3.56. The Morgan fingerprint density at radius 3 is 2.81 bits per heavy atom. The van der Waals surface area contributed by atoms with Crippen LogP contribution in [-0.2, 0) is 13.2 Å². The maximum atomic E-state index is 13.0. The Morgan fingerprint density at radius 2 is 2.06 bits per heavy atom. The summed E-state index contributed by atoms with van der Waals surface area (Å²) in [7, 11) is 1.86. The van der Waals surface area contributed by atoms with Gasteiger partial charge in [0.15, 0.2) is 0 Å². The average Bonchev–Trinajstić information content (AvgIpc) is 3.37. The van der Waals surface area contributed by atoms with E-state index in [-0.39, 0.29) is 11.6 Å². The largest absolute Gasteiger partial charge is 0.433 e. The van der Waals surface area contributed by atoms with Crippen LogP contribution in [0.3, 0.4) is 0 Å². The number of hydrogen-bond donors (Lipinski definition) is 1. The van der Waals surface area contributed by atoms with Crippen molar-refractivity contribution < 1.29 is 18.0 Å². The van der Waals surface area contributed by atoms with Crippen LogP contribution in [0.15, 0.2) is 42.7 Å². The number of halogens is 3. The molecule has 1 saturated carbocycles. The second kappa shape index (κ2) is 7.16. The number of benzene rings is 1. The molecule has 0 aliphatic heterocycles. The molecule has 4 aromatic rings. The molecular formula is C21H16F3N5OS. The summed E-state index contributed by atoms with van der Waals surface area (Å²) in [5, 5.41) is 7.83. The van der Waals surface area contributed by atoms with Gasteiger partial charge < -0.3 is 5.32 Å². The van der Waals surface area contributed by atoms with Crippen LogP contribution in [0.25, 0.3) is 22.2 Å². The highest BCUT2D eigenvalue weighted by Crippen LogP contribution is 2.48. The SMILES string of the molecule is Cn1ncc2c(-c3nsc(C(=O)Nc4ccnc(C(F)(F)F)c4)c3C3CC3)cccc21. The van der Waals surface area contributed by atoms with Crippen molar-refractivity contribution in [1.82, 2.24) is 19.1 Å². The molecule has 1 fully saturated rings. The highest BCUT2D eigenvalue weighted by atomic mass is 32.1. The molecule has 1 aliphatic rings. The zero-order chi connectivity index (χ0) is 21.8. The van der Waals surface area contributed by atoms with Crippen LogP contribution in [-0.4, -0.2) is 25.0 Å². The molecule has 0 bridgehead atoms. The molecule has 1 aromatic carbocycles. The molecule has 0 spiro atoms. The van der Waals surface area contributed by atoms with E-state index in [1.54, 1.807) is 10.9 Å². The topological polar surface area (TPSA) is 72.7 Å². The number of rotatable bonds is 4. The van der Waals surface area contributed by atoms with E-state index in [0.29, 0.717) is 4.88 Å². The Kier molecular flexibility index (Phi) is 4.54. The van der Waals surface area contributed by atoms with Gasteiger partial charge in [0, 0.05) is 35.4 Å². The van der Waals surface area contributed by atoms with Crippen molar-refractivity contribution in [2.24, 2.45) is 7.05 Å². The summed E-state index contributed by atoms with van der Waals surface area (Å²) >= 11 is 1.06. The standard InChI is InChI=1S/C21H16F3N5OS/c1-29-15-4-2-3-13(14(15)10-26-29)18-17(11-5-6-11)19(31-28-18)20(30)27-12-7-8-25-16(9-12)21(22,23)24/h2-4,7-11H,5-6H2,1H3,(H,25,27,30). The molecule has 0 saturated heterocycles.